The summed E-state index contributed by atoms with van der Waals surface area (Å²) in [7, 11) is 0. The Kier molecular flexibility index (Phi) is 5.53. The molecule has 0 spiro atoms. The van der Waals surface area contributed by atoms with Crippen LogP contribution in [0.3, 0.4) is 0 Å². The van der Waals surface area contributed by atoms with Crippen LogP contribution in [0, 0.1) is 0 Å². The lowest BCUT2D eigenvalue weighted by Crippen LogP contribution is -2.34. The van der Waals surface area contributed by atoms with E-state index in [0.29, 0.717) is 0 Å². The van der Waals surface area contributed by atoms with Crippen molar-refractivity contribution in [1.29, 1.82) is 0 Å². The molecule has 146 valence electrons. The number of likely N-dealkylation sites (tertiary alicyclic amines) is 1. The van der Waals surface area contributed by atoms with Gasteiger partial charge in [-0.3, -0.25) is 9.69 Å². The Bertz CT molecular complexity index is 877. The van der Waals surface area contributed by atoms with E-state index in [-0.39, 0.29) is 11.9 Å². The van der Waals surface area contributed by atoms with Gasteiger partial charge in [0.1, 0.15) is 0 Å². The largest absolute Gasteiger partial charge is 0.333 e. The van der Waals surface area contributed by atoms with E-state index < -0.39 is 0 Å². The number of rotatable bonds is 4. The molecule has 2 aliphatic heterocycles. The summed E-state index contributed by atoms with van der Waals surface area (Å²) in [5.74, 6) is 0.940. The number of nitrogens with zero attached hydrogens (tertiary/aromatic N) is 4. The minimum Gasteiger partial charge on any atom is -0.333 e. The van der Waals surface area contributed by atoms with Gasteiger partial charge in [-0.2, -0.15) is 0 Å². The van der Waals surface area contributed by atoms with Crippen molar-refractivity contribution in [2.45, 2.75) is 45.7 Å². The SMILES string of the molecule is CC(=O)N1CCC[C@@H]1c1ncc2c(n1)CCN(C/C(C)=C/c1ccccc1)C2. The fourth-order valence-electron chi connectivity index (χ4n) is 4.33. The predicted octanol–water partition coefficient (Wildman–Crippen LogP) is 3.62. The molecule has 3 heterocycles. The molecule has 1 saturated heterocycles. The molecule has 28 heavy (non-hydrogen) atoms. The Morgan fingerprint density at radius 3 is 2.82 bits per heavy atom. The van der Waals surface area contributed by atoms with Crippen LogP contribution in [0.5, 0.6) is 0 Å². The number of hydrogen-bond donors (Lipinski definition) is 0. The number of amides is 1. The summed E-state index contributed by atoms with van der Waals surface area (Å²) in [6, 6.07) is 10.5. The van der Waals surface area contributed by atoms with Crippen LogP contribution in [0.4, 0.5) is 0 Å². The number of benzene rings is 1. The third-order valence-electron chi connectivity index (χ3n) is 5.67. The Labute approximate surface area is 167 Å². The summed E-state index contributed by atoms with van der Waals surface area (Å²) in [6.45, 7) is 7.50. The molecular weight excluding hydrogens is 348 g/mol. The van der Waals surface area contributed by atoms with Crippen LogP contribution >= 0.6 is 0 Å². The molecule has 0 saturated carbocycles. The second kappa shape index (κ2) is 8.23. The van der Waals surface area contributed by atoms with Crippen LogP contribution in [0.25, 0.3) is 6.08 Å². The van der Waals surface area contributed by atoms with Crippen LogP contribution < -0.4 is 0 Å². The quantitative estimate of drug-likeness (QED) is 0.818. The molecule has 0 bridgehead atoms. The van der Waals surface area contributed by atoms with Gasteiger partial charge in [0.25, 0.3) is 0 Å². The summed E-state index contributed by atoms with van der Waals surface area (Å²) in [6.07, 6.45) is 7.18. The van der Waals surface area contributed by atoms with Gasteiger partial charge in [0.05, 0.1) is 6.04 Å². The van der Waals surface area contributed by atoms with E-state index >= 15 is 0 Å². The third kappa shape index (κ3) is 4.14. The van der Waals surface area contributed by atoms with Crippen LogP contribution in [-0.2, 0) is 17.8 Å². The summed E-state index contributed by atoms with van der Waals surface area (Å²) in [5.41, 5.74) is 4.98. The molecular formula is C23H28N4O. The molecule has 2 aromatic rings. The average Bonchev–Trinajstić information content (AvgIpc) is 3.18. The first-order chi connectivity index (χ1) is 13.6. The standard InChI is InChI=1S/C23H28N4O/c1-17(13-19-7-4-3-5-8-19)15-26-12-10-21-20(16-26)14-24-23(25-21)22-9-6-11-27(22)18(2)28/h3-5,7-8,13-14,22H,6,9-12,15-16H2,1-2H3/b17-13+/t22-/m1/s1. The second-order valence-corrected chi connectivity index (χ2v) is 7.93. The molecule has 2 aliphatic rings. The minimum atomic E-state index is 0.0527. The van der Waals surface area contributed by atoms with Gasteiger partial charge in [-0.25, -0.2) is 9.97 Å². The maximum Gasteiger partial charge on any atom is 0.220 e. The van der Waals surface area contributed by atoms with E-state index in [2.05, 4.69) is 47.1 Å². The molecule has 1 amide bonds. The van der Waals surface area contributed by atoms with Crippen molar-refractivity contribution in [2.24, 2.45) is 0 Å². The molecule has 5 nitrogen and oxygen atoms in total. The molecule has 4 rings (SSSR count). The lowest BCUT2D eigenvalue weighted by Gasteiger charge is -2.29. The zero-order valence-electron chi connectivity index (χ0n) is 16.8. The first-order valence-electron chi connectivity index (χ1n) is 10.2. The van der Waals surface area contributed by atoms with Gasteiger partial charge in [-0.05, 0) is 25.3 Å². The molecule has 0 radical (unpaired) electrons. The summed E-state index contributed by atoms with van der Waals surface area (Å²) < 4.78 is 0. The molecule has 0 unspecified atom stereocenters. The van der Waals surface area contributed by atoms with E-state index in [4.69, 9.17) is 4.98 Å². The molecule has 1 aromatic heterocycles. The van der Waals surface area contributed by atoms with Gasteiger partial charge in [0, 0.05) is 57.0 Å². The number of hydrogen-bond acceptors (Lipinski definition) is 4. The van der Waals surface area contributed by atoms with Crippen molar-refractivity contribution in [3.63, 3.8) is 0 Å². The first-order valence-corrected chi connectivity index (χ1v) is 10.2. The van der Waals surface area contributed by atoms with Gasteiger partial charge < -0.3 is 4.90 Å². The predicted molar refractivity (Wildman–Crippen MR) is 110 cm³/mol. The zero-order valence-corrected chi connectivity index (χ0v) is 16.8. The highest BCUT2D eigenvalue weighted by Gasteiger charge is 2.31. The highest BCUT2D eigenvalue weighted by atomic mass is 16.2. The second-order valence-electron chi connectivity index (χ2n) is 7.93. The van der Waals surface area contributed by atoms with Gasteiger partial charge in [-0.1, -0.05) is 42.0 Å². The summed E-state index contributed by atoms with van der Waals surface area (Å²) in [5, 5.41) is 0. The van der Waals surface area contributed by atoms with Crippen molar-refractivity contribution in [2.75, 3.05) is 19.6 Å². The van der Waals surface area contributed by atoms with Gasteiger partial charge in [0.2, 0.25) is 5.91 Å². The molecule has 1 aromatic carbocycles. The van der Waals surface area contributed by atoms with Crippen molar-refractivity contribution >= 4 is 12.0 Å². The smallest absolute Gasteiger partial charge is 0.220 e. The van der Waals surface area contributed by atoms with E-state index in [1.165, 1.54) is 16.7 Å². The minimum absolute atomic E-state index is 0.0527. The number of aromatic nitrogens is 2. The first kappa shape index (κ1) is 18.8. The van der Waals surface area contributed by atoms with Crippen molar-refractivity contribution < 1.29 is 4.79 Å². The van der Waals surface area contributed by atoms with Crippen molar-refractivity contribution in [1.82, 2.24) is 19.8 Å². The normalized spacial score (nSPS) is 20.3. The van der Waals surface area contributed by atoms with E-state index in [1.54, 1.807) is 6.92 Å². The van der Waals surface area contributed by atoms with E-state index in [0.717, 1.165) is 57.0 Å². The Morgan fingerprint density at radius 2 is 2.04 bits per heavy atom. The Hall–Kier alpha value is -2.53. The maximum atomic E-state index is 11.9. The fraction of sp³-hybridized carbons (Fsp3) is 0.435. The monoisotopic (exact) mass is 376 g/mol. The van der Waals surface area contributed by atoms with Crippen LogP contribution in [0.2, 0.25) is 0 Å². The average molecular weight is 377 g/mol. The maximum absolute atomic E-state index is 11.9. The van der Waals surface area contributed by atoms with Gasteiger partial charge >= 0.3 is 0 Å². The number of fused-ring (bicyclic) bond motifs is 1. The number of carbonyl (C=O) groups is 1. The van der Waals surface area contributed by atoms with Crippen molar-refractivity contribution in [3.05, 3.63) is 64.7 Å². The molecule has 0 aliphatic carbocycles. The lowest BCUT2D eigenvalue weighted by atomic mass is 10.1. The van der Waals surface area contributed by atoms with Crippen LogP contribution in [-0.4, -0.2) is 45.3 Å². The highest BCUT2D eigenvalue weighted by molar-refractivity contribution is 5.74. The van der Waals surface area contributed by atoms with Crippen molar-refractivity contribution in [3.8, 4) is 0 Å². The zero-order chi connectivity index (χ0) is 19.5. The van der Waals surface area contributed by atoms with E-state index in [9.17, 15) is 4.79 Å². The molecule has 1 fully saturated rings. The lowest BCUT2D eigenvalue weighted by molar-refractivity contribution is -0.129. The topological polar surface area (TPSA) is 49.3 Å². The Morgan fingerprint density at radius 1 is 1.21 bits per heavy atom. The highest BCUT2D eigenvalue weighted by Crippen LogP contribution is 2.30. The summed E-state index contributed by atoms with van der Waals surface area (Å²) >= 11 is 0. The number of carbonyl (C=O) groups excluding carboxylic acids is 1. The van der Waals surface area contributed by atoms with Crippen LogP contribution in [0.1, 0.15) is 55.4 Å². The summed E-state index contributed by atoms with van der Waals surface area (Å²) in [4.78, 5) is 25.7. The molecule has 0 N–H and O–H groups in total. The molecule has 1 atom stereocenters. The molecule has 5 heteroatoms. The van der Waals surface area contributed by atoms with E-state index in [1.807, 2.05) is 17.2 Å². The van der Waals surface area contributed by atoms with Gasteiger partial charge in [-0.15, -0.1) is 0 Å². The van der Waals surface area contributed by atoms with Gasteiger partial charge in [0.15, 0.2) is 5.82 Å². The van der Waals surface area contributed by atoms with Crippen LogP contribution in [0.15, 0.2) is 42.1 Å². The third-order valence-corrected chi connectivity index (χ3v) is 5.67. The fourth-order valence-corrected chi connectivity index (χ4v) is 4.33. The Balaban J connectivity index is 1.43.